The van der Waals surface area contributed by atoms with Crippen molar-refractivity contribution in [3.8, 4) is 17.2 Å². The number of hydrogen-bond donors (Lipinski definition) is 0. The van der Waals surface area contributed by atoms with Gasteiger partial charge in [-0.3, -0.25) is 0 Å². The fraction of sp³-hybridized carbons (Fsp3) is 0.429. The van der Waals surface area contributed by atoms with E-state index < -0.39 is 0 Å². The summed E-state index contributed by atoms with van der Waals surface area (Å²) in [6.45, 7) is 0.803. The molecular weight excluding hydrogens is 300 g/mol. The lowest BCUT2D eigenvalue weighted by Gasteiger charge is -2.08. The van der Waals surface area contributed by atoms with Crippen LogP contribution in [-0.2, 0) is 6.42 Å². The van der Waals surface area contributed by atoms with Crippen LogP contribution in [0.3, 0.4) is 0 Å². The fourth-order valence-electron chi connectivity index (χ4n) is 2.68. The molecule has 130 valence electrons. The molecule has 0 radical (unpaired) electrons. The predicted molar refractivity (Wildman–Crippen MR) is 98.3 cm³/mol. The third kappa shape index (κ3) is 6.53. The standard InChI is InChI=1S/C21H28O3/c1-22-20-15-18(16-21(17-20)23-2)11-7-4-3-5-10-14-24-19-12-8-6-9-13-19/h6,8-9,12-13,15-17H,3-5,7,10-11,14H2,1-2H3. The van der Waals surface area contributed by atoms with E-state index in [9.17, 15) is 0 Å². The van der Waals surface area contributed by atoms with Gasteiger partial charge in [0.2, 0.25) is 0 Å². The zero-order chi connectivity index (χ0) is 17.0. The Bertz CT molecular complexity index is 559. The van der Waals surface area contributed by atoms with Crippen molar-refractivity contribution in [3.63, 3.8) is 0 Å². The van der Waals surface area contributed by atoms with Crippen LogP contribution in [0.5, 0.6) is 17.2 Å². The highest BCUT2D eigenvalue weighted by Gasteiger charge is 2.02. The maximum absolute atomic E-state index is 5.71. The SMILES string of the molecule is COc1cc(CCCCCCCOc2ccccc2)cc(OC)c1. The molecule has 0 aromatic heterocycles. The summed E-state index contributed by atoms with van der Waals surface area (Å²) in [5.41, 5.74) is 1.28. The van der Waals surface area contributed by atoms with Gasteiger partial charge in [-0.05, 0) is 49.1 Å². The van der Waals surface area contributed by atoms with E-state index in [-0.39, 0.29) is 0 Å². The Balaban J connectivity index is 1.56. The summed E-state index contributed by atoms with van der Waals surface area (Å²) in [6.07, 6.45) is 7.07. The Morgan fingerprint density at radius 2 is 1.29 bits per heavy atom. The van der Waals surface area contributed by atoms with Crippen molar-refractivity contribution in [2.24, 2.45) is 0 Å². The van der Waals surface area contributed by atoms with Gasteiger partial charge in [0.25, 0.3) is 0 Å². The molecular formula is C21H28O3. The monoisotopic (exact) mass is 328 g/mol. The minimum Gasteiger partial charge on any atom is -0.497 e. The maximum atomic E-state index is 5.71. The lowest BCUT2D eigenvalue weighted by atomic mass is 10.0. The van der Waals surface area contributed by atoms with Crippen molar-refractivity contribution in [1.29, 1.82) is 0 Å². The predicted octanol–water partition coefficient (Wildman–Crippen LogP) is 5.28. The summed E-state index contributed by atoms with van der Waals surface area (Å²) < 4.78 is 16.3. The van der Waals surface area contributed by atoms with Crippen LogP contribution in [-0.4, -0.2) is 20.8 Å². The molecule has 0 heterocycles. The van der Waals surface area contributed by atoms with Crippen LogP contribution in [0.25, 0.3) is 0 Å². The van der Waals surface area contributed by atoms with Gasteiger partial charge in [0, 0.05) is 6.07 Å². The molecule has 0 N–H and O–H groups in total. The Morgan fingerprint density at radius 1 is 0.667 bits per heavy atom. The third-order valence-electron chi connectivity index (χ3n) is 4.03. The molecule has 2 rings (SSSR count). The van der Waals surface area contributed by atoms with Gasteiger partial charge in [-0.1, -0.05) is 37.5 Å². The van der Waals surface area contributed by atoms with Crippen LogP contribution in [0.15, 0.2) is 48.5 Å². The van der Waals surface area contributed by atoms with E-state index in [1.165, 1.54) is 31.2 Å². The molecule has 0 atom stereocenters. The zero-order valence-electron chi connectivity index (χ0n) is 14.8. The van der Waals surface area contributed by atoms with E-state index in [1.807, 2.05) is 36.4 Å². The first-order valence-electron chi connectivity index (χ1n) is 8.71. The number of unbranched alkanes of at least 4 members (excludes halogenated alkanes) is 4. The molecule has 0 aliphatic rings. The van der Waals surface area contributed by atoms with Gasteiger partial charge in [-0.25, -0.2) is 0 Å². The second kappa shape index (κ2) is 10.6. The lowest BCUT2D eigenvalue weighted by molar-refractivity contribution is 0.304. The van der Waals surface area contributed by atoms with E-state index in [0.717, 1.165) is 36.7 Å². The molecule has 0 saturated carbocycles. The zero-order valence-corrected chi connectivity index (χ0v) is 14.8. The van der Waals surface area contributed by atoms with E-state index in [0.29, 0.717) is 0 Å². The van der Waals surface area contributed by atoms with Crippen molar-refractivity contribution < 1.29 is 14.2 Å². The number of ether oxygens (including phenoxy) is 3. The second-order valence-electron chi connectivity index (χ2n) is 5.90. The van der Waals surface area contributed by atoms with Crippen LogP contribution < -0.4 is 14.2 Å². The highest BCUT2D eigenvalue weighted by atomic mass is 16.5. The van der Waals surface area contributed by atoms with Crippen molar-refractivity contribution in [3.05, 3.63) is 54.1 Å². The molecule has 0 aliphatic carbocycles. The highest BCUT2D eigenvalue weighted by molar-refractivity contribution is 5.38. The number of rotatable bonds is 11. The first kappa shape index (κ1) is 18.2. The minimum absolute atomic E-state index is 0.803. The van der Waals surface area contributed by atoms with E-state index in [4.69, 9.17) is 14.2 Å². The fourth-order valence-corrected chi connectivity index (χ4v) is 2.68. The Hall–Kier alpha value is -2.16. The molecule has 2 aromatic carbocycles. The smallest absolute Gasteiger partial charge is 0.122 e. The summed E-state index contributed by atoms with van der Waals surface area (Å²) in [5.74, 6) is 2.69. The summed E-state index contributed by atoms with van der Waals surface area (Å²) in [4.78, 5) is 0. The van der Waals surface area contributed by atoms with Crippen molar-refractivity contribution in [2.75, 3.05) is 20.8 Å². The molecule has 0 bridgehead atoms. The van der Waals surface area contributed by atoms with Gasteiger partial charge in [0.05, 0.1) is 20.8 Å². The van der Waals surface area contributed by atoms with Crippen LogP contribution >= 0.6 is 0 Å². The normalized spacial score (nSPS) is 10.4. The topological polar surface area (TPSA) is 27.7 Å². The highest BCUT2D eigenvalue weighted by Crippen LogP contribution is 2.23. The summed E-state index contributed by atoms with van der Waals surface area (Å²) in [6, 6.07) is 16.1. The number of hydrogen-bond acceptors (Lipinski definition) is 3. The number of methoxy groups -OCH3 is 2. The maximum Gasteiger partial charge on any atom is 0.122 e. The van der Waals surface area contributed by atoms with Gasteiger partial charge in [0.1, 0.15) is 17.2 Å². The van der Waals surface area contributed by atoms with E-state index in [2.05, 4.69) is 12.1 Å². The van der Waals surface area contributed by atoms with Crippen molar-refractivity contribution in [2.45, 2.75) is 38.5 Å². The summed E-state index contributed by atoms with van der Waals surface area (Å²) in [7, 11) is 3.38. The first-order chi connectivity index (χ1) is 11.8. The molecule has 0 unspecified atom stereocenters. The molecule has 0 fully saturated rings. The molecule has 0 spiro atoms. The number of aryl methyl sites for hydroxylation is 1. The van der Waals surface area contributed by atoms with Crippen LogP contribution in [0.1, 0.15) is 37.7 Å². The Kier molecular flexibility index (Phi) is 8.02. The molecule has 24 heavy (non-hydrogen) atoms. The van der Waals surface area contributed by atoms with Crippen LogP contribution in [0, 0.1) is 0 Å². The molecule has 3 heteroatoms. The first-order valence-corrected chi connectivity index (χ1v) is 8.71. The van der Waals surface area contributed by atoms with Crippen molar-refractivity contribution in [1.82, 2.24) is 0 Å². The lowest BCUT2D eigenvalue weighted by Crippen LogP contribution is -1.97. The number of benzene rings is 2. The van der Waals surface area contributed by atoms with Gasteiger partial charge >= 0.3 is 0 Å². The molecule has 2 aromatic rings. The molecule has 0 saturated heterocycles. The van der Waals surface area contributed by atoms with Gasteiger partial charge in [-0.15, -0.1) is 0 Å². The van der Waals surface area contributed by atoms with E-state index >= 15 is 0 Å². The molecule has 0 aliphatic heterocycles. The number of para-hydroxylation sites is 1. The van der Waals surface area contributed by atoms with Gasteiger partial charge in [-0.2, -0.15) is 0 Å². The summed E-state index contributed by atoms with van der Waals surface area (Å²) >= 11 is 0. The third-order valence-corrected chi connectivity index (χ3v) is 4.03. The van der Waals surface area contributed by atoms with Crippen LogP contribution in [0.2, 0.25) is 0 Å². The van der Waals surface area contributed by atoms with E-state index in [1.54, 1.807) is 14.2 Å². The minimum atomic E-state index is 0.803. The average molecular weight is 328 g/mol. The summed E-state index contributed by atoms with van der Waals surface area (Å²) in [5, 5.41) is 0. The van der Waals surface area contributed by atoms with Gasteiger partial charge in [0.15, 0.2) is 0 Å². The van der Waals surface area contributed by atoms with Gasteiger partial charge < -0.3 is 14.2 Å². The molecule has 0 amide bonds. The largest absolute Gasteiger partial charge is 0.497 e. The molecule has 3 nitrogen and oxygen atoms in total. The van der Waals surface area contributed by atoms with Crippen molar-refractivity contribution >= 4 is 0 Å². The van der Waals surface area contributed by atoms with Crippen LogP contribution in [0.4, 0.5) is 0 Å². The quantitative estimate of drug-likeness (QED) is 0.526. The Labute approximate surface area is 145 Å². The average Bonchev–Trinajstić information content (AvgIpc) is 2.64. The second-order valence-corrected chi connectivity index (χ2v) is 5.90. The Morgan fingerprint density at radius 3 is 1.96 bits per heavy atom.